The van der Waals surface area contributed by atoms with Gasteiger partial charge in [0.1, 0.15) is 5.75 Å². The van der Waals surface area contributed by atoms with Crippen molar-refractivity contribution in [1.82, 2.24) is 10.6 Å². The molecule has 0 radical (unpaired) electrons. The number of phenolic OH excluding ortho intramolecular Hbond substituents is 1. The zero-order valence-corrected chi connectivity index (χ0v) is 16.1. The summed E-state index contributed by atoms with van der Waals surface area (Å²) in [6, 6.07) is 18.4. The lowest BCUT2D eigenvalue weighted by Crippen LogP contribution is -2.51. The molecule has 2 aromatic rings. The first-order chi connectivity index (χ1) is 13.2. The topological polar surface area (TPSA) is 59.9 Å². The third-order valence-corrected chi connectivity index (χ3v) is 4.81. The van der Waals surface area contributed by atoms with E-state index in [-0.39, 0.29) is 0 Å². The second-order valence-electron chi connectivity index (χ2n) is 6.95. The van der Waals surface area contributed by atoms with Gasteiger partial charge in [0, 0.05) is 37.9 Å². The molecule has 1 saturated heterocycles. The average molecular weight is 367 g/mol. The van der Waals surface area contributed by atoms with Crippen molar-refractivity contribution in [3.63, 3.8) is 0 Å². The van der Waals surface area contributed by atoms with Crippen molar-refractivity contribution in [1.29, 1.82) is 0 Å². The molecule has 0 saturated carbocycles. The Morgan fingerprint density at radius 3 is 2.81 bits per heavy atom. The van der Waals surface area contributed by atoms with Gasteiger partial charge in [-0.15, -0.1) is 0 Å². The van der Waals surface area contributed by atoms with Crippen molar-refractivity contribution < 1.29 is 5.11 Å². The summed E-state index contributed by atoms with van der Waals surface area (Å²) < 4.78 is 0. The molecule has 5 heteroatoms. The Kier molecular flexibility index (Phi) is 6.97. The van der Waals surface area contributed by atoms with Crippen LogP contribution in [0.15, 0.2) is 59.6 Å². The lowest BCUT2D eigenvalue weighted by Gasteiger charge is -2.35. The van der Waals surface area contributed by atoms with Crippen LogP contribution in [0.25, 0.3) is 0 Å². The molecule has 27 heavy (non-hydrogen) atoms. The van der Waals surface area contributed by atoms with Crippen LogP contribution in [0.3, 0.4) is 0 Å². The summed E-state index contributed by atoms with van der Waals surface area (Å²) in [4.78, 5) is 7.17. The number of guanidine groups is 1. The van der Waals surface area contributed by atoms with Crippen LogP contribution in [-0.2, 0) is 6.42 Å². The van der Waals surface area contributed by atoms with Crippen LogP contribution in [-0.4, -0.2) is 43.3 Å². The van der Waals surface area contributed by atoms with Crippen molar-refractivity contribution in [2.75, 3.05) is 31.1 Å². The van der Waals surface area contributed by atoms with Gasteiger partial charge in [0.05, 0.1) is 0 Å². The number of phenols is 1. The molecule has 0 amide bonds. The fourth-order valence-corrected chi connectivity index (χ4v) is 3.49. The lowest BCUT2D eigenvalue weighted by molar-refractivity contribution is 0.468. The van der Waals surface area contributed by atoms with Gasteiger partial charge in [0.15, 0.2) is 5.96 Å². The maximum absolute atomic E-state index is 9.58. The molecular formula is C22H30N4O. The van der Waals surface area contributed by atoms with Gasteiger partial charge in [0.25, 0.3) is 0 Å². The maximum Gasteiger partial charge on any atom is 0.191 e. The molecule has 1 aliphatic rings. The fourth-order valence-electron chi connectivity index (χ4n) is 3.49. The highest BCUT2D eigenvalue weighted by atomic mass is 16.3. The molecular weight excluding hydrogens is 336 g/mol. The van der Waals surface area contributed by atoms with Crippen LogP contribution in [0, 0.1) is 0 Å². The number of nitrogens with one attached hydrogen (secondary N) is 2. The van der Waals surface area contributed by atoms with Crippen LogP contribution in [0.1, 0.15) is 25.3 Å². The average Bonchev–Trinajstić information content (AvgIpc) is 2.69. The van der Waals surface area contributed by atoms with Gasteiger partial charge >= 0.3 is 0 Å². The molecule has 1 unspecified atom stereocenters. The second-order valence-corrected chi connectivity index (χ2v) is 6.95. The SMILES string of the molecule is CCNC(=NCCc1cccc(O)c1)NC1CCCN(c2ccccc2)C1. The molecule has 1 atom stereocenters. The van der Waals surface area contributed by atoms with Gasteiger partial charge in [0.2, 0.25) is 0 Å². The number of para-hydroxylation sites is 1. The van der Waals surface area contributed by atoms with E-state index in [9.17, 15) is 5.11 Å². The predicted octanol–water partition coefficient (Wildman–Crippen LogP) is 3.16. The lowest BCUT2D eigenvalue weighted by atomic mass is 10.1. The van der Waals surface area contributed by atoms with E-state index in [2.05, 4.69) is 52.8 Å². The molecule has 5 nitrogen and oxygen atoms in total. The van der Waals surface area contributed by atoms with Gasteiger partial charge in [-0.3, -0.25) is 4.99 Å². The molecule has 0 spiro atoms. The second kappa shape index (κ2) is 9.86. The summed E-state index contributed by atoms with van der Waals surface area (Å²) in [6.07, 6.45) is 3.14. The summed E-state index contributed by atoms with van der Waals surface area (Å²) in [7, 11) is 0. The number of nitrogens with zero attached hydrogens (tertiary/aromatic N) is 2. The number of hydrogen-bond acceptors (Lipinski definition) is 3. The van der Waals surface area contributed by atoms with Crippen LogP contribution in [0.2, 0.25) is 0 Å². The third-order valence-electron chi connectivity index (χ3n) is 4.81. The Labute approximate surface area is 162 Å². The number of hydrogen-bond donors (Lipinski definition) is 3. The minimum absolute atomic E-state index is 0.310. The molecule has 2 aromatic carbocycles. The van der Waals surface area contributed by atoms with Gasteiger partial charge in [-0.05, 0) is 56.0 Å². The van der Waals surface area contributed by atoms with Crippen molar-refractivity contribution in [2.45, 2.75) is 32.2 Å². The molecule has 3 N–H and O–H groups in total. The van der Waals surface area contributed by atoms with E-state index in [0.29, 0.717) is 18.3 Å². The number of aliphatic imine (C=N–C) groups is 1. The van der Waals surface area contributed by atoms with Crippen molar-refractivity contribution in [2.24, 2.45) is 4.99 Å². The Balaban J connectivity index is 1.56. The molecule has 1 heterocycles. The van der Waals surface area contributed by atoms with Gasteiger partial charge in [-0.1, -0.05) is 30.3 Å². The highest BCUT2D eigenvalue weighted by Crippen LogP contribution is 2.19. The largest absolute Gasteiger partial charge is 0.508 e. The van der Waals surface area contributed by atoms with Crippen LogP contribution >= 0.6 is 0 Å². The predicted molar refractivity (Wildman–Crippen MR) is 113 cm³/mol. The Morgan fingerprint density at radius 2 is 2.04 bits per heavy atom. The quantitative estimate of drug-likeness (QED) is 0.543. The zero-order chi connectivity index (χ0) is 18.9. The summed E-state index contributed by atoms with van der Waals surface area (Å²) in [5.41, 5.74) is 2.39. The normalized spacial score (nSPS) is 17.6. The third kappa shape index (κ3) is 5.91. The van der Waals surface area contributed by atoms with Crippen molar-refractivity contribution in [3.05, 3.63) is 60.2 Å². The van der Waals surface area contributed by atoms with Crippen molar-refractivity contribution >= 4 is 11.6 Å². The first kappa shape index (κ1) is 19.1. The number of rotatable bonds is 6. The number of aromatic hydroxyl groups is 1. The van der Waals surface area contributed by atoms with E-state index < -0.39 is 0 Å². The molecule has 3 rings (SSSR count). The van der Waals surface area contributed by atoms with Gasteiger partial charge in [-0.2, -0.15) is 0 Å². The van der Waals surface area contributed by atoms with E-state index in [1.54, 1.807) is 12.1 Å². The Bertz CT molecular complexity index is 732. The van der Waals surface area contributed by atoms with E-state index in [4.69, 9.17) is 4.99 Å². The van der Waals surface area contributed by atoms with E-state index in [1.165, 1.54) is 12.1 Å². The first-order valence-corrected chi connectivity index (χ1v) is 9.87. The maximum atomic E-state index is 9.58. The molecule has 1 fully saturated rings. The molecule has 0 aliphatic carbocycles. The molecule has 144 valence electrons. The summed E-state index contributed by atoms with van der Waals surface area (Å²) >= 11 is 0. The molecule has 1 aliphatic heterocycles. The van der Waals surface area contributed by atoms with E-state index in [1.807, 2.05) is 12.1 Å². The summed E-state index contributed by atoms with van der Waals surface area (Å²) in [5.74, 6) is 1.18. The minimum Gasteiger partial charge on any atom is -0.508 e. The Morgan fingerprint density at radius 1 is 1.19 bits per heavy atom. The van der Waals surface area contributed by atoms with Crippen molar-refractivity contribution in [3.8, 4) is 5.75 Å². The monoisotopic (exact) mass is 366 g/mol. The van der Waals surface area contributed by atoms with Gasteiger partial charge in [-0.25, -0.2) is 0 Å². The highest BCUT2D eigenvalue weighted by molar-refractivity contribution is 5.80. The number of benzene rings is 2. The molecule has 0 bridgehead atoms. The number of piperidine rings is 1. The fraction of sp³-hybridized carbons (Fsp3) is 0.409. The van der Waals surface area contributed by atoms with E-state index >= 15 is 0 Å². The highest BCUT2D eigenvalue weighted by Gasteiger charge is 2.20. The smallest absolute Gasteiger partial charge is 0.191 e. The standard InChI is InChI=1S/C22H30N4O/c1-2-23-22(24-14-13-18-8-6-12-21(27)16-18)25-19-9-7-15-26(17-19)20-10-4-3-5-11-20/h3-6,8,10-12,16,19,27H,2,7,9,13-15,17H2,1H3,(H2,23,24,25). The Hall–Kier alpha value is -2.69. The van der Waals surface area contributed by atoms with Crippen LogP contribution < -0.4 is 15.5 Å². The van der Waals surface area contributed by atoms with E-state index in [0.717, 1.165) is 44.0 Å². The first-order valence-electron chi connectivity index (χ1n) is 9.87. The summed E-state index contributed by atoms with van der Waals surface area (Å²) in [5, 5.41) is 16.5. The minimum atomic E-state index is 0.310. The van der Waals surface area contributed by atoms with Crippen LogP contribution in [0.4, 0.5) is 5.69 Å². The summed E-state index contributed by atoms with van der Waals surface area (Å²) in [6.45, 7) is 5.71. The van der Waals surface area contributed by atoms with Crippen LogP contribution in [0.5, 0.6) is 5.75 Å². The number of anilines is 1. The zero-order valence-electron chi connectivity index (χ0n) is 16.1. The van der Waals surface area contributed by atoms with Gasteiger partial charge < -0.3 is 20.6 Å². The molecule has 0 aromatic heterocycles.